The number of carbonyl (C=O) groups is 1. The molecule has 27 heavy (non-hydrogen) atoms. The zero-order valence-corrected chi connectivity index (χ0v) is 16.7. The lowest BCUT2D eigenvalue weighted by Crippen LogP contribution is -2.32. The normalized spacial score (nSPS) is 11.6. The molecule has 1 amide bonds. The number of benzene rings is 2. The van der Waals surface area contributed by atoms with Gasteiger partial charge in [0.05, 0.1) is 13.2 Å². The molecule has 146 valence electrons. The van der Waals surface area contributed by atoms with Crippen LogP contribution < -0.4 is 20.1 Å². The lowest BCUT2D eigenvalue weighted by molar-refractivity contribution is -0.116. The molecule has 0 saturated carbocycles. The molecule has 1 atom stereocenters. The highest BCUT2D eigenvalue weighted by atomic mass is 16.5. The largest absolute Gasteiger partial charge is 0.490 e. The summed E-state index contributed by atoms with van der Waals surface area (Å²) in [4.78, 5) is 12.5. The number of amides is 1. The van der Waals surface area contributed by atoms with E-state index < -0.39 is 6.04 Å². The average Bonchev–Trinajstić information content (AvgIpc) is 2.67. The predicted molar refractivity (Wildman–Crippen MR) is 111 cm³/mol. The Morgan fingerprint density at radius 3 is 2.33 bits per heavy atom. The van der Waals surface area contributed by atoms with Crippen molar-refractivity contribution < 1.29 is 14.3 Å². The predicted octanol–water partition coefficient (Wildman–Crippen LogP) is 5.01. The van der Waals surface area contributed by atoms with Gasteiger partial charge in [0.25, 0.3) is 0 Å². The lowest BCUT2D eigenvalue weighted by atomic mass is 10.2. The first-order chi connectivity index (χ1) is 13.0. The summed E-state index contributed by atoms with van der Waals surface area (Å²) in [6, 6.07) is 13.0. The van der Waals surface area contributed by atoms with Crippen molar-refractivity contribution in [3.63, 3.8) is 0 Å². The summed E-state index contributed by atoms with van der Waals surface area (Å²) < 4.78 is 11.6. The number of nitrogens with one attached hydrogen (secondary N) is 2. The molecule has 5 heteroatoms. The summed E-state index contributed by atoms with van der Waals surface area (Å²) in [5.41, 5.74) is 2.68. The first-order valence-electron chi connectivity index (χ1n) is 9.57. The van der Waals surface area contributed by atoms with Crippen LogP contribution in [0.5, 0.6) is 11.5 Å². The standard InChI is InChI=1S/C22H30N2O3/c1-5-13-26-20-12-11-18(15-21(20)27-14-6-2)23-17(4)22(25)24-19-10-8-7-9-16(19)3/h7-12,15,17,23H,5-6,13-14H2,1-4H3,(H,24,25). The quantitative estimate of drug-likeness (QED) is 0.617. The molecule has 2 N–H and O–H groups in total. The van der Waals surface area contributed by atoms with Gasteiger partial charge < -0.3 is 20.1 Å². The molecule has 1 unspecified atom stereocenters. The number of para-hydroxylation sites is 1. The average molecular weight is 370 g/mol. The van der Waals surface area contributed by atoms with Gasteiger partial charge in [-0.15, -0.1) is 0 Å². The topological polar surface area (TPSA) is 59.6 Å². The molecule has 0 aliphatic rings. The van der Waals surface area contributed by atoms with E-state index in [4.69, 9.17) is 9.47 Å². The van der Waals surface area contributed by atoms with Crippen LogP contribution in [0.1, 0.15) is 39.2 Å². The summed E-state index contributed by atoms with van der Waals surface area (Å²) >= 11 is 0. The Labute approximate surface area is 162 Å². The van der Waals surface area contributed by atoms with E-state index in [0.717, 1.165) is 35.5 Å². The second-order valence-corrected chi connectivity index (χ2v) is 6.53. The highest BCUT2D eigenvalue weighted by Gasteiger charge is 2.15. The fourth-order valence-corrected chi connectivity index (χ4v) is 2.52. The number of hydrogen-bond acceptors (Lipinski definition) is 4. The number of aryl methyl sites for hydroxylation is 1. The van der Waals surface area contributed by atoms with Crippen LogP contribution in [0.15, 0.2) is 42.5 Å². The molecule has 0 fully saturated rings. The monoisotopic (exact) mass is 370 g/mol. The molecule has 0 aliphatic heterocycles. The van der Waals surface area contributed by atoms with Crippen LogP contribution in [-0.2, 0) is 4.79 Å². The maximum absolute atomic E-state index is 12.5. The Kier molecular flexibility index (Phi) is 7.99. The van der Waals surface area contributed by atoms with Crippen LogP contribution in [0.25, 0.3) is 0 Å². The Bertz CT molecular complexity index is 746. The van der Waals surface area contributed by atoms with Crippen LogP contribution in [0.4, 0.5) is 11.4 Å². The van der Waals surface area contributed by atoms with Crippen molar-refractivity contribution in [1.82, 2.24) is 0 Å². The van der Waals surface area contributed by atoms with Crippen molar-refractivity contribution >= 4 is 17.3 Å². The van der Waals surface area contributed by atoms with Gasteiger partial charge in [0.15, 0.2) is 11.5 Å². The molecule has 0 aliphatic carbocycles. The molecule has 2 rings (SSSR count). The van der Waals surface area contributed by atoms with Gasteiger partial charge in [-0.05, 0) is 50.5 Å². The van der Waals surface area contributed by atoms with Crippen LogP contribution in [-0.4, -0.2) is 25.2 Å². The summed E-state index contributed by atoms with van der Waals surface area (Å²) in [6.07, 6.45) is 1.85. The molecule has 0 spiro atoms. The number of carbonyl (C=O) groups excluding carboxylic acids is 1. The highest BCUT2D eigenvalue weighted by Crippen LogP contribution is 2.31. The molecule has 0 aromatic heterocycles. The summed E-state index contributed by atoms with van der Waals surface area (Å²) in [5.74, 6) is 1.33. The van der Waals surface area contributed by atoms with Gasteiger partial charge >= 0.3 is 0 Å². The molecule has 0 radical (unpaired) electrons. The van der Waals surface area contributed by atoms with Gasteiger partial charge in [0.1, 0.15) is 6.04 Å². The first kappa shape index (κ1) is 20.6. The fraction of sp³-hybridized carbons (Fsp3) is 0.409. The van der Waals surface area contributed by atoms with Gasteiger partial charge in [-0.3, -0.25) is 4.79 Å². The Hall–Kier alpha value is -2.69. The van der Waals surface area contributed by atoms with Crippen LogP contribution in [0.3, 0.4) is 0 Å². The van der Waals surface area contributed by atoms with Crippen molar-refractivity contribution in [3.8, 4) is 11.5 Å². The number of ether oxygens (including phenoxy) is 2. The lowest BCUT2D eigenvalue weighted by Gasteiger charge is -2.18. The Balaban J connectivity index is 2.06. The third kappa shape index (κ3) is 6.20. The zero-order chi connectivity index (χ0) is 19.6. The minimum absolute atomic E-state index is 0.0911. The maximum Gasteiger partial charge on any atom is 0.246 e. The summed E-state index contributed by atoms with van der Waals surface area (Å²) in [7, 11) is 0. The molecule has 2 aromatic carbocycles. The number of anilines is 2. The molecular formula is C22H30N2O3. The van der Waals surface area contributed by atoms with Crippen molar-refractivity contribution in [2.45, 2.75) is 46.6 Å². The molecular weight excluding hydrogens is 340 g/mol. The van der Waals surface area contributed by atoms with Crippen molar-refractivity contribution in [3.05, 3.63) is 48.0 Å². The smallest absolute Gasteiger partial charge is 0.246 e. The Morgan fingerprint density at radius 2 is 1.67 bits per heavy atom. The number of hydrogen-bond donors (Lipinski definition) is 2. The second-order valence-electron chi connectivity index (χ2n) is 6.53. The van der Waals surface area contributed by atoms with E-state index in [1.807, 2.05) is 56.3 Å². The van der Waals surface area contributed by atoms with Crippen molar-refractivity contribution in [1.29, 1.82) is 0 Å². The van der Waals surface area contributed by atoms with Crippen molar-refractivity contribution in [2.24, 2.45) is 0 Å². The van der Waals surface area contributed by atoms with E-state index in [2.05, 4.69) is 24.5 Å². The van der Waals surface area contributed by atoms with Gasteiger partial charge in [-0.25, -0.2) is 0 Å². The van der Waals surface area contributed by atoms with Crippen LogP contribution >= 0.6 is 0 Å². The fourth-order valence-electron chi connectivity index (χ4n) is 2.52. The van der Waals surface area contributed by atoms with Gasteiger partial charge in [-0.2, -0.15) is 0 Å². The molecule has 0 heterocycles. The summed E-state index contributed by atoms with van der Waals surface area (Å²) in [5, 5.41) is 6.19. The molecule has 2 aromatic rings. The summed E-state index contributed by atoms with van der Waals surface area (Å²) in [6.45, 7) is 9.20. The van der Waals surface area contributed by atoms with E-state index in [0.29, 0.717) is 19.0 Å². The zero-order valence-electron chi connectivity index (χ0n) is 16.7. The van der Waals surface area contributed by atoms with E-state index >= 15 is 0 Å². The minimum Gasteiger partial charge on any atom is -0.490 e. The van der Waals surface area contributed by atoms with Gasteiger partial charge in [0, 0.05) is 17.4 Å². The SMILES string of the molecule is CCCOc1ccc(NC(C)C(=O)Nc2ccccc2C)cc1OCCC. The maximum atomic E-state index is 12.5. The van der Waals surface area contributed by atoms with Crippen LogP contribution in [0, 0.1) is 6.92 Å². The second kappa shape index (κ2) is 10.5. The minimum atomic E-state index is -0.397. The van der Waals surface area contributed by atoms with Crippen molar-refractivity contribution in [2.75, 3.05) is 23.8 Å². The third-order valence-corrected chi connectivity index (χ3v) is 4.05. The molecule has 5 nitrogen and oxygen atoms in total. The Morgan fingerprint density at radius 1 is 1.00 bits per heavy atom. The highest BCUT2D eigenvalue weighted by molar-refractivity contribution is 5.96. The van der Waals surface area contributed by atoms with E-state index in [-0.39, 0.29) is 5.91 Å². The molecule has 0 saturated heterocycles. The van der Waals surface area contributed by atoms with E-state index in [1.54, 1.807) is 0 Å². The van der Waals surface area contributed by atoms with E-state index in [9.17, 15) is 4.79 Å². The molecule has 0 bridgehead atoms. The number of rotatable bonds is 10. The van der Waals surface area contributed by atoms with Crippen LogP contribution in [0.2, 0.25) is 0 Å². The third-order valence-electron chi connectivity index (χ3n) is 4.05. The van der Waals surface area contributed by atoms with Gasteiger partial charge in [-0.1, -0.05) is 32.0 Å². The van der Waals surface area contributed by atoms with E-state index in [1.165, 1.54) is 0 Å². The van der Waals surface area contributed by atoms with Gasteiger partial charge in [0.2, 0.25) is 5.91 Å². The first-order valence-corrected chi connectivity index (χ1v) is 9.57.